The van der Waals surface area contributed by atoms with Crippen molar-refractivity contribution in [2.45, 2.75) is 50.4 Å². The number of anilines is 1. The lowest BCUT2D eigenvalue weighted by Gasteiger charge is -2.34. The first-order chi connectivity index (χ1) is 22.4. The molecule has 1 aromatic carbocycles. The molecule has 2 aliphatic heterocycles. The summed E-state index contributed by atoms with van der Waals surface area (Å²) in [5, 5.41) is 0.807. The summed E-state index contributed by atoms with van der Waals surface area (Å²) in [6, 6.07) is 4.03. The number of likely N-dealkylation sites (N-methyl/N-ethyl adjacent to an activating group) is 1. The van der Waals surface area contributed by atoms with Crippen molar-refractivity contribution >= 4 is 40.3 Å². The van der Waals surface area contributed by atoms with Crippen LogP contribution in [0.25, 0.3) is 10.9 Å². The summed E-state index contributed by atoms with van der Waals surface area (Å²) in [5.41, 5.74) is 14.3. The number of aromatic nitrogens is 4. The average molecular weight is 665 g/mol. The van der Waals surface area contributed by atoms with Crippen LogP contribution in [0.5, 0.6) is 11.5 Å². The van der Waals surface area contributed by atoms with Crippen LogP contribution in [0.4, 0.5) is 11.8 Å². The van der Waals surface area contributed by atoms with Gasteiger partial charge in [0, 0.05) is 73.3 Å². The molecule has 2 fully saturated rings. The molecule has 4 heterocycles. The summed E-state index contributed by atoms with van der Waals surface area (Å²) in [7, 11) is 2.10. The summed E-state index contributed by atoms with van der Waals surface area (Å²) in [4.78, 5) is 30.5. The fraction of sp³-hybridized carbons (Fsp3) is 0.545. The highest BCUT2D eigenvalue weighted by Gasteiger charge is 2.22. The second-order valence-electron chi connectivity index (χ2n) is 13.0. The van der Waals surface area contributed by atoms with Gasteiger partial charge in [-0.05, 0) is 27.0 Å². The number of thioether (sulfide) groups is 1. The van der Waals surface area contributed by atoms with Crippen molar-refractivity contribution in [2.24, 2.45) is 16.5 Å². The van der Waals surface area contributed by atoms with Gasteiger partial charge in [0.2, 0.25) is 5.95 Å². The summed E-state index contributed by atoms with van der Waals surface area (Å²) in [6.07, 6.45) is 5.06. The quantitative estimate of drug-likeness (QED) is 0.175. The minimum absolute atomic E-state index is 0.0383. The Morgan fingerprint density at radius 3 is 2.45 bits per heavy atom. The monoisotopic (exact) mass is 664 g/mol. The Kier molecular flexibility index (Phi) is 11.4. The highest BCUT2D eigenvalue weighted by molar-refractivity contribution is 8.00. The molecule has 2 saturated heterocycles. The van der Waals surface area contributed by atoms with Crippen LogP contribution in [0, 0.1) is 0 Å². The maximum Gasteiger partial charge on any atom is 0.225 e. The first-order valence-electron chi connectivity index (χ1n) is 16.1. The molecule has 0 amide bonds. The number of allylic oxidation sites excluding steroid dienone is 1. The lowest BCUT2D eigenvalue weighted by Crippen LogP contribution is -2.48. The van der Waals surface area contributed by atoms with Crippen LogP contribution in [0.2, 0.25) is 0 Å². The van der Waals surface area contributed by atoms with Crippen LogP contribution in [-0.4, -0.2) is 119 Å². The summed E-state index contributed by atoms with van der Waals surface area (Å²) in [6.45, 7) is 18.0. The Morgan fingerprint density at radius 1 is 1.02 bits per heavy atom. The summed E-state index contributed by atoms with van der Waals surface area (Å²) < 4.78 is 18.0. The van der Waals surface area contributed by atoms with Crippen molar-refractivity contribution in [3.05, 3.63) is 42.1 Å². The van der Waals surface area contributed by atoms with Gasteiger partial charge in [0.25, 0.3) is 0 Å². The fourth-order valence-corrected chi connectivity index (χ4v) is 6.28. The van der Waals surface area contributed by atoms with Gasteiger partial charge in [-0.3, -0.25) is 4.90 Å². The maximum atomic E-state index is 6.41. The van der Waals surface area contributed by atoms with Crippen molar-refractivity contribution in [3.63, 3.8) is 0 Å². The third-order valence-electron chi connectivity index (χ3n) is 8.01. The first-order valence-corrected chi connectivity index (χ1v) is 16.9. The summed E-state index contributed by atoms with van der Waals surface area (Å²) >= 11 is 1.74. The van der Waals surface area contributed by atoms with E-state index in [9.17, 15) is 0 Å². The van der Waals surface area contributed by atoms with Crippen molar-refractivity contribution in [2.75, 3.05) is 77.6 Å². The molecule has 14 heteroatoms. The number of nitrogens with two attached hydrogens (primary N) is 2. The number of morpholine rings is 1. The Labute approximate surface area is 281 Å². The van der Waals surface area contributed by atoms with Gasteiger partial charge in [0.15, 0.2) is 11.6 Å². The van der Waals surface area contributed by atoms with Gasteiger partial charge in [0.1, 0.15) is 37.2 Å². The van der Waals surface area contributed by atoms with Crippen LogP contribution in [0.3, 0.4) is 0 Å². The average Bonchev–Trinajstić information content (AvgIpc) is 3.04. The standard InChI is InChI=1S/C33H48N10O3S/c1-22(23(2)34)30(35)40-31-26-15-29(47-33(3,4)5)28(16-27(26)38-21-39-31)45-14-12-42-7-9-43(10-8-42)32-36-17-24(18-37-32)46-20-25-19-41(6)11-13-44-25/h15-18,21,25H,7-14,19-20,34H2,1-6H3,(H2,35,38,39,40)/t25-/m1/s1. The van der Waals surface area contributed by atoms with E-state index in [1.54, 1.807) is 31.1 Å². The number of ether oxygens (including phenoxy) is 3. The first kappa shape index (κ1) is 34.6. The van der Waals surface area contributed by atoms with Crippen LogP contribution in [0.15, 0.2) is 52.0 Å². The predicted molar refractivity (Wildman–Crippen MR) is 188 cm³/mol. The zero-order valence-electron chi connectivity index (χ0n) is 28.4. The summed E-state index contributed by atoms with van der Waals surface area (Å²) in [5.74, 6) is 3.01. The lowest BCUT2D eigenvalue weighted by molar-refractivity contribution is -0.0404. The van der Waals surface area contributed by atoms with Crippen molar-refractivity contribution in [1.29, 1.82) is 0 Å². The molecule has 13 nitrogen and oxygen atoms in total. The Morgan fingerprint density at radius 2 is 1.77 bits per heavy atom. The number of benzene rings is 1. The third-order valence-corrected chi connectivity index (χ3v) is 9.16. The third kappa shape index (κ3) is 9.66. The van der Waals surface area contributed by atoms with Gasteiger partial charge in [0.05, 0.1) is 29.4 Å². The molecule has 0 radical (unpaired) electrons. The molecule has 47 heavy (non-hydrogen) atoms. The van der Waals surface area contributed by atoms with Crippen LogP contribution in [-0.2, 0) is 4.74 Å². The molecule has 0 aliphatic carbocycles. The van der Waals surface area contributed by atoms with Crippen LogP contribution < -0.4 is 25.8 Å². The number of aliphatic imine (C=N–C) groups is 1. The van der Waals surface area contributed by atoms with E-state index in [4.69, 9.17) is 25.7 Å². The number of piperazine rings is 1. The highest BCUT2D eigenvalue weighted by atomic mass is 32.2. The minimum atomic E-state index is -0.0383. The molecule has 0 spiro atoms. The molecular formula is C33H48N10O3S. The number of amidine groups is 1. The van der Waals surface area contributed by atoms with E-state index in [-0.39, 0.29) is 10.9 Å². The molecule has 0 bridgehead atoms. The Bertz CT molecular complexity index is 1570. The van der Waals surface area contributed by atoms with Gasteiger partial charge in [-0.2, -0.15) is 0 Å². The van der Waals surface area contributed by atoms with Crippen molar-refractivity contribution < 1.29 is 14.2 Å². The normalized spacial score (nSPS) is 19.1. The number of hydrogen-bond donors (Lipinski definition) is 2. The molecule has 0 saturated carbocycles. The van der Waals surface area contributed by atoms with Crippen LogP contribution in [0.1, 0.15) is 34.6 Å². The largest absolute Gasteiger partial charge is 0.491 e. The number of rotatable bonds is 11. The number of hydrogen-bond acceptors (Lipinski definition) is 13. The van der Waals surface area contributed by atoms with Gasteiger partial charge in [-0.1, -0.05) is 20.8 Å². The topological polar surface area (TPSA) is 153 Å². The maximum absolute atomic E-state index is 6.41. The van der Waals surface area contributed by atoms with E-state index < -0.39 is 0 Å². The van der Waals surface area contributed by atoms with Gasteiger partial charge in [-0.25, -0.2) is 24.9 Å². The molecule has 3 aromatic rings. The van der Waals surface area contributed by atoms with Gasteiger partial charge >= 0.3 is 0 Å². The van der Waals surface area contributed by atoms with Crippen molar-refractivity contribution in [3.8, 4) is 11.5 Å². The smallest absolute Gasteiger partial charge is 0.225 e. The molecule has 0 unspecified atom stereocenters. The molecule has 5 rings (SSSR count). The molecule has 2 aromatic heterocycles. The minimum Gasteiger partial charge on any atom is -0.491 e. The second kappa shape index (κ2) is 15.5. The van der Waals surface area contributed by atoms with E-state index in [2.05, 4.69) is 73.5 Å². The van der Waals surface area contributed by atoms with Crippen molar-refractivity contribution in [1.82, 2.24) is 29.7 Å². The Hall–Kier alpha value is -3.72. The van der Waals surface area contributed by atoms with E-state index in [1.165, 1.54) is 6.33 Å². The predicted octanol–water partition coefficient (Wildman–Crippen LogP) is 3.46. The highest BCUT2D eigenvalue weighted by Crippen LogP contribution is 2.41. The fourth-order valence-electron chi connectivity index (χ4n) is 5.22. The lowest BCUT2D eigenvalue weighted by atomic mass is 10.2. The molecule has 254 valence electrons. The van der Waals surface area contributed by atoms with E-state index in [0.717, 1.165) is 85.5 Å². The number of fused-ring (bicyclic) bond motifs is 1. The number of nitrogens with zero attached hydrogens (tertiary/aromatic N) is 8. The second-order valence-corrected chi connectivity index (χ2v) is 14.9. The molecule has 1 atom stereocenters. The SMILES string of the molecule is CC(N)=C(C)C(N)=Nc1ncnc2cc(OCCN3CCN(c4ncc(OC[C@H]5CN(C)CCO5)cn4)CC3)c(SC(C)(C)C)cc12. The molecule has 2 aliphatic rings. The van der Waals surface area contributed by atoms with Gasteiger partial charge in [-0.15, -0.1) is 11.8 Å². The van der Waals surface area contributed by atoms with Crippen LogP contribution >= 0.6 is 11.8 Å². The zero-order chi connectivity index (χ0) is 33.6. The van der Waals surface area contributed by atoms with Gasteiger partial charge < -0.3 is 35.5 Å². The zero-order valence-corrected chi connectivity index (χ0v) is 29.2. The Balaban J connectivity index is 1.17. The van der Waals surface area contributed by atoms with E-state index >= 15 is 0 Å². The molecule has 4 N–H and O–H groups in total. The molecular weight excluding hydrogens is 616 g/mol. The van der Waals surface area contributed by atoms with E-state index in [1.807, 2.05) is 13.0 Å². The van der Waals surface area contributed by atoms with E-state index in [0.29, 0.717) is 36.3 Å².